The number of rotatable bonds is 2. The van der Waals surface area contributed by atoms with E-state index >= 15 is 0 Å². The zero-order valence-electron chi connectivity index (χ0n) is 13.3. The highest BCUT2D eigenvalue weighted by atomic mass is 16.4. The molecule has 0 saturated heterocycles. The number of aryl methyl sites for hydroxylation is 1. The zero-order chi connectivity index (χ0) is 16.3. The molecule has 0 spiro atoms. The summed E-state index contributed by atoms with van der Waals surface area (Å²) < 4.78 is 0. The summed E-state index contributed by atoms with van der Waals surface area (Å²) in [5.74, 6) is 5.65. The second-order valence-electron chi connectivity index (χ2n) is 6.24. The Balaban J connectivity index is 1.86. The van der Waals surface area contributed by atoms with E-state index in [9.17, 15) is 9.90 Å². The van der Waals surface area contributed by atoms with Crippen LogP contribution in [0.15, 0.2) is 48.5 Å². The van der Waals surface area contributed by atoms with Crippen LogP contribution in [0.3, 0.4) is 0 Å². The molecule has 1 aliphatic carbocycles. The van der Waals surface area contributed by atoms with Crippen LogP contribution in [-0.2, 0) is 10.2 Å². The van der Waals surface area contributed by atoms with Crippen molar-refractivity contribution in [2.24, 2.45) is 0 Å². The molecule has 1 fully saturated rings. The minimum Gasteiger partial charge on any atom is -0.481 e. The first-order valence-electron chi connectivity index (χ1n) is 8.03. The summed E-state index contributed by atoms with van der Waals surface area (Å²) in [5, 5.41) is 9.64. The third-order valence-electron chi connectivity index (χ3n) is 4.79. The molecule has 0 bridgehead atoms. The van der Waals surface area contributed by atoms with Crippen LogP contribution >= 0.6 is 0 Å². The summed E-state index contributed by atoms with van der Waals surface area (Å²) in [5.41, 5.74) is 3.31. The molecule has 1 N–H and O–H groups in total. The lowest BCUT2D eigenvalue weighted by Crippen LogP contribution is -2.32. The summed E-state index contributed by atoms with van der Waals surface area (Å²) in [6.45, 7) is 2.05. The van der Waals surface area contributed by atoms with Crippen molar-refractivity contribution in [3.8, 4) is 11.8 Å². The normalized spacial score (nSPS) is 15.7. The maximum Gasteiger partial charge on any atom is 0.314 e. The van der Waals surface area contributed by atoms with Gasteiger partial charge in [0, 0.05) is 11.1 Å². The lowest BCUT2D eigenvalue weighted by atomic mass is 9.79. The smallest absolute Gasteiger partial charge is 0.314 e. The van der Waals surface area contributed by atoms with Crippen molar-refractivity contribution in [2.75, 3.05) is 0 Å². The second kappa shape index (κ2) is 6.30. The Morgan fingerprint density at radius 3 is 2.26 bits per heavy atom. The van der Waals surface area contributed by atoms with Crippen molar-refractivity contribution < 1.29 is 9.90 Å². The van der Waals surface area contributed by atoms with E-state index in [1.54, 1.807) is 0 Å². The van der Waals surface area contributed by atoms with Gasteiger partial charge in [0.25, 0.3) is 0 Å². The maximum absolute atomic E-state index is 11.7. The molecule has 0 aliphatic heterocycles. The van der Waals surface area contributed by atoms with Gasteiger partial charge < -0.3 is 5.11 Å². The Kier molecular flexibility index (Phi) is 4.21. The fraction of sp³-hybridized carbons (Fsp3) is 0.286. The summed E-state index contributed by atoms with van der Waals surface area (Å²) in [6, 6.07) is 15.8. The Labute approximate surface area is 137 Å². The lowest BCUT2D eigenvalue weighted by Gasteiger charge is -2.24. The van der Waals surface area contributed by atoms with Crippen LogP contribution < -0.4 is 0 Å². The van der Waals surface area contributed by atoms with Crippen molar-refractivity contribution in [1.29, 1.82) is 0 Å². The van der Waals surface area contributed by atoms with Crippen LogP contribution in [0.5, 0.6) is 0 Å². The van der Waals surface area contributed by atoms with E-state index in [2.05, 4.69) is 11.8 Å². The number of benzene rings is 2. The molecule has 1 saturated carbocycles. The van der Waals surface area contributed by atoms with Gasteiger partial charge in [-0.2, -0.15) is 0 Å². The Morgan fingerprint density at radius 1 is 1.00 bits per heavy atom. The number of hydrogen-bond acceptors (Lipinski definition) is 1. The van der Waals surface area contributed by atoms with Gasteiger partial charge in [0.15, 0.2) is 0 Å². The third kappa shape index (κ3) is 3.00. The molecule has 0 amide bonds. The molecule has 3 rings (SSSR count). The van der Waals surface area contributed by atoms with Crippen molar-refractivity contribution in [3.63, 3.8) is 0 Å². The standard InChI is InChI=1S/C21H20O2/c1-16-6-2-3-7-18(16)11-8-17-9-12-19(13-10-17)21(20(22)23)14-4-5-15-21/h2-3,6-7,9-10,12-13H,4-5,14-15H2,1H3,(H,22,23). The Hall–Kier alpha value is -2.53. The highest BCUT2D eigenvalue weighted by Crippen LogP contribution is 2.41. The Morgan fingerprint density at radius 2 is 1.65 bits per heavy atom. The van der Waals surface area contributed by atoms with Crippen LogP contribution in [0.1, 0.15) is 47.9 Å². The van der Waals surface area contributed by atoms with Gasteiger partial charge in [0.05, 0.1) is 5.41 Å². The maximum atomic E-state index is 11.7. The van der Waals surface area contributed by atoms with E-state index in [4.69, 9.17) is 0 Å². The van der Waals surface area contributed by atoms with Gasteiger partial charge in [-0.15, -0.1) is 0 Å². The predicted molar refractivity (Wildman–Crippen MR) is 91.4 cm³/mol. The molecule has 0 radical (unpaired) electrons. The molecule has 0 heterocycles. The number of carboxylic acid groups (broad SMARTS) is 1. The molecule has 1 aliphatic rings. The van der Waals surface area contributed by atoms with Gasteiger partial charge in [0.2, 0.25) is 0 Å². The predicted octanol–water partition coefficient (Wildman–Crippen LogP) is 4.29. The molecule has 23 heavy (non-hydrogen) atoms. The van der Waals surface area contributed by atoms with Crippen LogP contribution in [0.2, 0.25) is 0 Å². The molecule has 2 aromatic rings. The number of hydrogen-bond donors (Lipinski definition) is 1. The first-order chi connectivity index (χ1) is 11.1. The minimum absolute atomic E-state index is 0.692. The molecular weight excluding hydrogens is 284 g/mol. The van der Waals surface area contributed by atoms with E-state index < -0.39 is 11.4 Å². The van der Waals surface area contributed by atoms with Crippen LogP contribution in [-0.4, -0.2) is 11.1 Å². The van der Waals surface area contributed by atoms with Crippen LogP contribution in [0.4, 0.5) is 0 Å². The first kappa shape index (κ1) is 15.4. The second-order valence-corrected chi connectivity index (χ2v) is 6.24. The van der Waals surface area contributed by atoms with E-state index in [0.29, 0.717) is 0 Å². The monoisotopic (exact) mass is 304 g/mol. The number of carbonyl (C=O) groups is 1. The zero-order valence-corrected chi connectivity index (χ0v) is 13.3. The average Bonchev–Trinajstić information content (AvgIpc) is 3.06. The van der Waals surface area contributed by atoms with Gasteiger partial charge in [-0.25, -0.2) is 0 Å². The van der Waals surface area contributed by atoms with Gasteiger partial charge in [0.1, 0.15) is 0 Å². The van der Waals surface area contributed by atoms with Gasteiger partial charge in [-0.3, -0.25) is 4.79 Å². The molecule has 2 aromatic carbocycles. The van der Waals surface area contributed by atoms with Crippen LogP contribution in [0, 0.1) is 18.8 Å². The van der Waals surface area contributed by atoms with Crippen molar-refractivity contribution in [1.82, 2.24) is 0 Å². The summed E-state index contributed by atoms with van der Waals surface area (Å²) >= 11 is 0. The van der Waals surface area contributed by atoms with Crippen molar-refractivity contribution >= 4 is 5.97 Å². The van der Waals surface area contributed by atoms with Gasteiger partial charge >= 0.3 is 5.97 Å². The summed E-state index contributed by atoms with van der Waals surface area (Å²) in [4.78, 5) is 11.7. The highest BCUT2D eigenvalue weighted by Gasteiger charge is 2.42. The fourth-order valence-electron chi connectivity index (χ4n) is 3.33. The molecule has 2 nitrogen and oxygen atoms in total. The van der Waals surface area contributed by atoms with Crippen LogP contribution in [0.25, 0.3) is 0 Å². The SMILES string of the molecule is Cc1ccccc1C#Cc1ccc(C2(C(=O)O)CCCC2)cc1. The molecule has 0 aromatic heterocycles. The lowest BCUT2D eigenvalue weighted by molar-refractivity contribution is -0.143. The topological polar surface area (TPSA) is 37.3 Å². The highest BCUT2D eigenvalue weighted by molar-refractivity contribution is 5.81. The minimum atomic E-state index is -0.700. The van der Waals surface area contributed by atoms with Crippen molar-refractivity contribution in [2.45, 2.75) is 38.0 Å². The largest absolute Gasteiger partial charge is 0.481 e. The van der Waals surface area contributed by atoms with E-state index in [0.717, 1.165) is 47.9 Å². The molecule has 0 unspecified atom stereocenters. The van der Waals surface area contributed by atoms with E-state index in [1.807, 2.05) is 55.5 Å². The number of carboxylic acids is 1. The quantitative estimate of drug-likeness (QED) is 0.840. The fourth-order valence-corrected chi connectivity index (χ4v) is 3.33. The summed E-state index contributed by atoms with van der Waals surface area (Å²) in [6.07, 6.45) is 3.44. The van der Waals surface area contributed by atoms with E-state index in [1.165, 1.54) is 0 Å². The van der Waals surface area contributed by atoms with Gasteiger partial charge in [-0.1, -0.05) is 55.0 Å². The van der Waals surface area contributed by atoms with E-state index in [-0.39, 0.29) is 0 Å². The summed E-state index contributed by atoms with van der Waals surface area (Å²) in [7, 11) is 0. The van der Waals surface area contributed by atoms with Crippen molar-refractivity contribution in [3.05, 3.63) is 70.8 Å². The molecule has 116 valence electrons. The van der Waals surface area contributed by atoms with Gasteiger partial charge in [-0.05, 0) is 49.1 Å². The third-order valence-corrected chi connectivity index (χ3v) is 4.79. The molecule has 2 heteroatoms. The molecule has 0 atom stereocenters. The average molecular weight is 304 g/mol. The Bertz CT molecular complexity index is 769. The molecular formula is C21H20O2. The first-order valence-corrected chi connectivity index (χ1v) is 8.03. The number of aliphatic carboxylic acids is 1.